The molecule has 10 nitrogen and oxygen atoms in total. The van der Waals surface area contributed by atoms with Gasteiger partial charge in [0.2, 0.25) is 11.8 Å². The van der Waals surface area contributed by atoms with Crippen LogP contribution in [0.25, 0.3) is 0 Å². The first-order chi connectivity index (χ1) is 18.6. The maximum Gasteiger partial charge on any atom is 0.303 e. The number of fused-ring (bicyclic) bond motifs is 3. The molecule has 2 N–H and O–H groups in total. The lowest BCUT2D eigenvalue weighted by Crippen LogP contribution is -2.40. The van der Waals surface area contributed by atoms with Crippen LogP contribution in [-0.4, -0.2) is 65.2 Å². The molecule has 10 heteroatoms. The number of amides is 2. The van der Waals surface area contributed by atoms with Crippen molar-refractivity contribution in [1.82, 2.24) is 4.90 Å². The van der Waals surface area contributed by atoms with Crippen LogP contribution in [0.2, 0.25) is 0 Å². The summed E-state index contributed by atoms with van der Waals surface area (Å²) in [6.45, 7) is 1.58. The van der Waals surface area contributed by atoms with Crippen molar-refractivity contribution < 1.29 is 43.7 Å². The van der Waals surface area contributed by atoms with Gasteiger partial charge in [-0.3, -0.25) is 28.9 Å². The molecule has 204 valence electrons. The molecule has 4 unspecified atom stereocenters. The first kappa shape index (κ1) is 26.4. The average Bonchev–Trinajstić information content (AvgIpc) is 3.14. The molecule has 1 aliphatic heterocycles. The standard InChI is InChI=1S/C29H29NO9/c1-13-9-19(32)24-18(27(13)35)12-17-15(25(24)26-20(38-2)10-14(31)11-21(26)39-3)6-7-16-23(17)29(37)30(28(16)36)8-4-5-22(33)34/h6,9-11,16-17,23,25,31H,4-5,7-8,12H2,1-3H3,(H,33,34). The molecule has 3 aliphatic carbocycles. The number of methoxy groups -OCH3 is 2. The van der Waals surface area contributed by atoms with Crippen molar-refractivity contribution in [2.24, 2.45) is 17.8 Å². The second kappa shape index (κ2) is 9.83. The van der Waals surface area contributed by atoms with Gasteiger partial charge in [-0.1, -0.05) is 11.6 Å². The highest BCUT2D eigenvalue weighted by Crippen LogP contribution is 2.57. The van der Waals surface area contributed by atoms with Crippen LogP contribution < -0.4 is 9.47 Å². The molecule has 1 heterocycles. The number of phenolic OH excluding ortho intramolecular Hbond substituents is 1. The fourth-order valence-electron chi connectivity index (χ4n) is 6.60. The number of rotatable bonds is 7. The van der Waals surface area contributed by atoms with Gasteiger partial charge < -0.3 is 19.7 Å². The molecule has 0 bridgehead atoms. The molecule has 0 saturated carbocycles. The summed E-state index contributed by atoms with van der Waals surface area (Å²) in [7, 11) is 2.84. The number of nitrogens with zero attached hydrogens (tertiary/aromatic N) is 1. The molecule has 0 aromatic heterocycles. The summed E-state index contributed by atoms with van der Waals surface area (Å²) in [5, 5.41) is 19.2. The lowest BCUT2D eigenvalue weighted by molar-refractivity contribution is -0.142. The van der Waals surface area contributed by atoms with Crippen LogP contribution in [0.5, 0.6) is 17.2 Å². The zero-order valence-corrected chi connectivity index (χ0v) is 21.9. The highest BCUT2D eigenvalue weighted by Gasteiger charge is 2.56. The lowest BCUT2D eigenvalue weighted by Gasteiger charge is -2.42. The van der Waals surface area contributed by atoms with Crippen molar-refractivity contribution in [2.75, 3.05) is 20.8 Å². The van der Waals surface area contributed by atoms with Gasteiger partial charge in [0.15, 0.2) is 11.6 Å². The Bertz CT molecular complexity index is 1390. The fourth-order valence-corrected chi connectivity index (χ4v) is 6.60. The number of ether oxygens (including phenoxy) is 2. The van der Waals surface area contributed by atoms with Gasteiger partial charge in [-0.05, 0) is 38.2 Å². The lowest BCUT2D eigenvalue weighted by atomic mass is 9.59. The van der Waals surface area contributed by atoms with Crippen molar-refractivity contribution in [1.29, 1.82) is 0 Å². The summed E-state index contributed by atoms with van der Waals surface area (Å²) in [5.41, 5.74) is 2.05. The predicted octanol–water partition coefficient (Wildman–Crippen LogP) is 2.70. The Balaban J connectivity index is 1.65. The number of ketones is 2. The molecule has 2 amide bonds. The number of aliphatic carboxylic acids is 1. The second-order valence-corrected chi connectivity index (χ2v) is 10.3. The Labute approximate surface area is 224 Å². The molecule has 4 aliphatic rings. The molecule has 39 heavy (non-hydrogen) atoms. The van der Waals surface area contributed by atoms with Crippen LogP contribution >= 0.6 is 0 Å². The van der Waals surface area contributed by atoms with E-state index in [0.717, 1.165) is 10.5 Å². The molecule has 0 radical (unpaired) electrons. The summed E-state index contributed by atoms with van der Waals surface area (Å²) < 4.78 is 11.2. The third-order valence-corrected chi connectivity index (χ3v) is 8.24. The normalized spacial score (nSPS) is 26.1. The summed E-state index contributed by atoms with van der Waals surface area (Å²) in [5.74, 6) is -4.68. The Hall–Kier alpha value is -4.21. The van der Waals surface area contributed by atoms with Crippen LogP contribution in [0.3, 0.4) is 0 Å². The summed E-state index contributed by atoms with van der Waals surface area (Å²) >= 11 is 0. The molecular weight excluding hydrogens is 506 g/mol. The minimum Gasteiger partial charge on any atom is -0.508 e. The second-order valence-electron chi connectivity index (χ2n) is 10.3. The number of likely N-dealkylation sites (tertiary alicyclic amines) is 1. The SMILES string of the molecule is COc1cc(O)cc(OC)c1C1C2=CCC3C(=O)N(CCCC(=O)O)C(=O)C3C2CC2=C1C(=O)C=C(C)C2=O. The number of imide groups is 1. The summed E-state index contributed by atoms with van der Waals surface area (Å²) in [6, 6.07) is 2.80. The molecule has 1 fully saturated rings. The smallest absolute Gasteiger partial charge is 0.303 e. The van der Waals surface area contributed by atoms with Gasteiger partial charge in [-0.25, -0.2) is 0 Å². The zero-order chi connectivity index (χ0) is 28.2. The highest BCUT2D eigenvalue weighted by atomic mass is 16.5. The number of phenols is 1. The van der Waals surface area contributed by atoms with Crippen molar-refractivity contribution >= 4 is 29.4 Å². The third-order valence-electron chi connectivity index (χ3n) is 8.24. The van der Waals surface area contributed by atoms with E-state index >= 15 is 0 Å². The van der Waals surface area contributed by atoms with E-state index in [1.807, 2.05) is 6.08 Å². The Morgan fingerprint density at radius 2 is 1.72 bits per heavy atom. The number of carboxylic acids is 1. The van der Waals surface area contributed by atoms with Gasteiger partial charge in [-0.2, -0.15) is 0 Å². The largest absolute Gasteiger partial charge is 0.508 e. The van der Waals surface area contributed by atoms with E-state index < -0.39 is 29.6 Å². The third kappa shape index (κ3) is 4.14. The van der Waals surface area contributed by atoms with Crippen LogP contribution in [0.1, 0.15) is 44.1 Å². The Morgan fingerprint density at radius 3 is 2.33 bits per heavy atom. The quantitative estimate of drug-likeness (QED) is 0.305. The number of Topliss-reactive ketones (excluding diaryl/α,β-unsaturated/α-hetero) is 1. The minimum absolute atomic E-state index is 0.00919. The van der Waals surface area contributed by atoms with Crippen molar-refractivity contribution in [3.05, 3.63) is 52.1 Å². The van der Waals surface area contributed by atoms with E-state index in [0.29, 0.717) is 16.7 Å². The molecule has 5 rings (SSSR count). The number of hydrogen-bond acceptors (Lipinski definition) is 8. The van der Waals surface area contributed by atoms with Crippen molar-refractivity contribution in [3.8, 4) is 17.2 Å². The first-order valence-corrected chi connectivity index (χ1v) is 12.8. The zero-order valence-electron chi connectivity index (χ0n) is 21.9. The molecule has 1 aromatic carbocycles. The topological polar surface area (TPSA) is 148 Å². The molecule has 1 aromatic rings. The summed E-state index contributed by atoms with van der Waals surface area (Å²) in [4.78, 5) is 65.9. The van der Waals surface area contributed by atoms with Gasteiger partial charge in [0.05, 0.1) is 26.1 Å². The molecular formula is C29H29NO9. The molecule has 1 saturated heterocycles. The van der Waals surface area contributed by atoms with E-state index in [2.05, 4.69) is 0 Å². The fraction of sp³-hybridized carbons (Fsp3) is 0.414. The van der Waals surface area contributed by atoms with Gasteiger partial charge in [0.25, 0.3) is 0 Å². The van der Waals surface area contributed by atoms with E-state index in [9.17, 15) is 29.1 Å². The maximum absolute atomic E-state index is 13.7. The van der Waals surface area contributed by atoms with Gasteiger partial charge in [0.1, 0.15) is 17.2 Å². The van der Waals surface area contributed by atoms with Crippen molar-refractivity contribution in [2.45, 2.75) is 38.5 Å². The first-order valence-electron chi connectivity index (χ1n) is 12.8. The predicted molar refractivity (Wildman–Crippen MR) is 136 cm³/mol. The number of aromatic hydroxyl groups is 1. The maximum atomic E-state index is 13.7. The van der Waals surface area contributed by atoms with Gasteiger partial charge in [0, 0.05) is 53.3 Å². The molecule has 4 atom stereocenters. The minimum atomic E-state index is -1.01. The number of carboxylic acid groups (broad SMARTS) is 1. The van der Waals surface area contributed by atoms with Gasteiger partial charge >= 0.3 is 5.97 Å². The number of allylic oxidation sites excluding steroid dienone is 6. The van der Waals surface area contributed by atoms with Crippen LogP contribution in [-0.2, 0) is 24.0 Å². The van der Waals surface area contributed by atoms with E-state index in [1.54, 1.807) is 6.92 Å². The van der Waals surface area contributed by atoms with Crippen LogP contribution in [0.15, 0.2) is 46.6 Å². The number of carbonyl (C=O) groups excluding carboxylic acids is 4. The Morgan fingerprint density at radius 1 is 1.05 bits per heavy atom. The van der Waals surface area contributed by atoms with Gasteiger partial charge in [-0.15, -0.1) is 0 Å². The highest BCUT2D eigenvalue weighted by molar-refractivity contribution is 6.23. The number of carbonyl (C=O) groups is 5. The van der Waals surface area contributed by atoms with E-state index in [-0.39, 0.29) is 78.4 Å². The number of benzene rings is 1. The van der Waals surface area contributed by atoms with Crippen LogP contribution in [0.4, 0.5) is 0 Å². The molecule has 0 spiro atoms. The van der Waals surface area contributed by atoms with Crippen molar-refractivity contribution in [3.63, 3.8) is 0 Å². The monoisotopic (exact) mass is 535 g/mol. The number of hydrogen-bond donors (Lipinski definition) is 2. The summed E-state index contributed by atoms with van der Waals surface area (Å²) in [6.07, 6.45) is 3.55. The van der Waals surface area contributed by atoms with E-state index in [1.165, 1.54) is 32.4 Å². The Kier molecular flexibility index (Phi) is 6.65. The van der Waals surface area contributed by atoms with Crippen LogP contribution in [0, 0.1) is 17.8 Å². The van der Waals surface area contributed by atoms with E-state index in [4.69, 9.17) is 14.6 Å². The average molecular weight is 536 g/mol.